The topological polar surface area (TPSA) is 115 Å². The summed E-state index contributed by atoms with van der Waals surface area (Å²) in [5, 5.41) is 13.8. The maximum Gasteiger partial charge on any atom is 0.245 e. The third kappa shape index (κ3) is 3.15. The summed E-state index contributed by atoms with van der Waals surface area (Å²) in [5.74, 6) is 1.32. The van der Waals surface area contributed by atoms with Gasteiger partial charge in [-0.05, 0) is 25.5 Å². The minimum Gasteiger partial charge on any atom is -0.493 e. The molecule has 0 amide bonds. The number of nitrogens with zero attached hydrogens (tertiary/aromatic N) is 3. The fraction of sp³-hybridized carbons (Fsp3) is 0.500. The lowest BCUT2D eigenvalue weighted by molar-refractivity contribution is 0.188. The van der Waals surface area contributed by atoms with Crippen molar-refractivity contribution in [1.82, 2.24) is 14.4 Å². The highest BCUT2D eigenvalue weighted by atomic mass is 32.2. The number of sulfonamides is 1. The monoisotopic (exact) mass is 383 g/mol. The van der Waals surface area contributed by atoms with E-state index in [4.69, 9.17) is 14.0 Å². The van der Waals surface area contributed by atoms with Crippen LogP contribution in [0, 0.1) is 13.8 Å². The molecule has 1 aromatic carbocycles. The average molecular weight is 383 g/mol. The van der Waals surface area contributed by atoms with Crippen molar-refractivity contribution in [2.75, 3.05) is 20.8 Å². The molecule has 1 saturated heterocycles. The molecule has 1 aliphatic heterocycles. The van der Waals surface area contributed by atoms with E-state index >= 15 is 0 Å². The van der Waals surface area contributed by atoms with Crippen molar-refractivity contribution in [3.8, 4) is 11.5 Å². The molecule has 0 unspecified atom stereocenters. The van der Waals surface area contributed by atoms with Gasteiger partial charge in [0.1, 0.15) is 6.04 Å². The molecule has 10 heteroatoms. The number of rotatable bonds is 5. The van der Waals surface area contributed by atoms with E-state index in [9.17, 15) is 13.5 Å². The van der Waals surface area contributed by atoms with Crippen molar-refractivity contribution in [3.63, 3.8) is 0 Å². The van der Waals surface area contributed by atoms with Gasteiger partial charge in [-0.1, -0.05) is 5.16 Å². The molecule has 0 spiro atoms. The van der Waals surface area contributed by atoms with Crippen LogP contribution < -0.4 is 9.47 Å². The van der Waals surface area contributed by atoms with Crippen LogP contribution in [0.25, 0.3) is 0 Å². The van der Waals surface area contributed by atoms with Crippen LogP contribution in [0.2, 0.25) is 0 Å². The molecule has 0 bridgehead atoms. The SMILES string of the molecule is COc1cc(C)c(S(=O)(=O)N2C[C@@H](O)C[C@@H]2c2nc(C)no2)cc1OC. The molecule has 9 nitrogen and oxygen atoms in total. The molecule has 2 heterocycles. The largest absolute Gasteiger partial charge is 0.493 e. The summed E-state index contributed by atoms with van der Waals surface area (Å²) in [6.07, 6.45) is -0.629. The summed E-state index contributed by atoms with van der Waals surface area (Å²) in [6.45, 7) is 3.27. The van der Waals surface area contributed by atoms with Crippen molar-refractivity contribution in [2.45, 2.75) is 37.3 Å². The third-order valence-corrected chi connectivity index (χ3v) is 6.35. The Morgan fingerprint density at radius 2 is 1.88 bits per heavy atom. The fourth-order valence-corrected chi connectivity index (χ4v) is 4.94. The molecule has 1 aliphatic rings. The molecule has 1 fully saturated rings. The van der Waals surface area contributed by atoms with Crippen LogP contribution >= 0.6 is 0 Å². The van der Waals surface area contributed by atoms with Crippen molar-refractivity contribution in [1.29, 1.82) is 0 Å². The fourth-order valence-electron chi connectivity index (χ4n) is 3.09. The number of aliphatic hydroxyl groups excluding tert-OH is 1. The summed E-state index contributed by atoms with van der Waals surface area (Å²) in [4.78, 5) is 4.20. The van der Waals surface area contributed by atoms with Gasteiger partial charge in [0.25, 0.3) is 0 Å². The van der Waals surface area contributed by atoms with Gasteiger partial charge in [0.05, 0.1) is 25.2 Å². The first-order chi connectivity index (χ1) is 12.3. The maximum absolute atomic E-state index is 13.3. The number of benzene rings is 1. The molecule has 2 aromatic rings. The van der Waals surface area contributed by atoms with Gasteiger partial charge in [0.15, 0.2) is 17.3 Å². The smallest absolute Gasteiger partial charge is 0.245 e. The Labute approximate surface area is 151 Å². The molecule has 142 valence electrons. The van der Waals surface area contributed by atoms with Crippen LogP contribution in [-0.2, 0) is 10.0 Å². The minimum atomic E-state index is -3.94. The van der Waals surface area contributed by atoms with Crippen molar-refractivity contribution >= 4 is 10.0 Å². The first-order valence-electron chi connectivity index (χ1n) is 8.00. The molecular formula is C16H21N3O6S. The van der Waals surface area contributed by atoms with Crippen LogP contribution in [0.4, 0.5) is 0 Å². The van der Waals surface area contributed by atoms with E-state index in [1.165, 1.54) is 24.6 Å². The zero-order chi connectivity index (χ0) is 19.1. The highest BCUT2D eigenvalue weighted by molar-refractivity contribution is 7.89. The van der Waals surface area contributed by atoms with Gasteiger partial charge in [0, 0.05) is 19.0 Å². The molecule has 2 atom stereocenters. The molecule has 0 radical (unpaired) electrons. The molecule has 1 aromatic heterocycles. The molecule has 26 heavy (non-hydrogen) atoms. The van der Waals surface area contributed by atoms with E-state index < -0.39 is 22.2 Å². The van der Waals surface area contributed by atoms with E-state index in [2.05, 4.69) is 10.1 Å². The lowest BCUT2D eigenvalue weighted by Crippen LogP contribution is -2.32. The van der Waals surface area contributed by atoms with Crippen molar-refractivity contribution in [3.05, 3.63) is 29.4 Å². The Morgan fingerprint density at radius 3 is 2.46 bits per heavy atom. The van der Waals surface area contributed by atoms with Gasteiger partial charge in [-0.2, -0.15) is 9.29 Å². The number of hydrogen-bond donors (Lipinski definition) is 1. The Hall–Kier alpha value is -2.17. The first kappa shape index (κ1) is 18.6. The van der Waals surface area contributed by atoms with Crippen molar-refractivity contribution in [2.24, 2.45) is 0 Å². The highest BCUT2D eigenvalue weighted by Gasteiger charge is 2.44. The molecule has 0 saturated carbocycles. The Morgan fingerprint density at radius 1 is 1.23 bits per heavy atom. The zero-order valence-electron chi connectivity index (χ0n) is 15.0. The second-order valence-corrected chi connectivity index (χ2v) is 7.99. The van der Waals surface area contributed by atoms with E-state index in [0.29, 0.717) is 22.9 Å². The first-order valence-corrected chi connectivity index (χ1v) is 9.44. The number of methoxy groups -OCH3 is 2. The van der Waals surface area contributed by atoms with Gasteiger partial charge in [-0.25, -0.2) is 8.42 Å². The van der Waals surface area contributed by atoms with Gasteiger partial charge in [-0.15, -0.1) is 0 Å². The third-order valence-electron chi connectivity index (χ3n) is 4.33. The zero-order valence-corrected chi connectivity index (χ0v) is 15.8. The summed E-state index contributed by atoms with van der Waals surface area (Å²) >= 11 is 0. The van der Waals surface area contributed by atoms with E-state index in [1.807, 2.05) is 0 Å². The van der Waals surface area contributed by atoms with Gasteiger partial charge >= 0.3 is 0 Å². The number of aliphatic hydroxyl groups is 1. The molecule has 0 aliphatic carbocycles. The predicted molar refractivity (Wildman–Crippen MR) is 90.6 cm³/mol. The second kappa shape index (κ2) is 6.86. The summed E-state index contributed by atoms with van der Waals surface area (Å²) in [5.41, 5.74) is 0.504. The quantitative estimate of drug-likeness (QED) is 0.819. The number of hydrogen-bond acceptors (Lipinski definition) is 8. The van der Waals surface area contributed by atoms with E-state index in [1.54, 1.807) is 19.9 Å². The number of β-amino-alcohol motifs (C(OH)–C–C–N with tert-alkyl or cyclic N) is 1. The molecule has 3 rings (SSSR count). The van der Waals surface area contributed by atoms with E-state index in [0.717, 1.165) is 0 Å². The minimum absolute atomic E-state index is 0.0534. The summed E-state index contributed by atoms with van der Waals surface area (Å²) < 4.78 is 43.4. The summed E-state index contributed by atoms with van der Waals surface area (Å²) in [7, 11) is -1.02. The number of ether oxygens (including phenoxy) is 2. The Kier molecular flexibility index (Phi) is 4.91. The highest BCUT2D eigenvalue weighted by Crippen LogP contribution is 2.39. The van der Waals surface area contributed by atoms with Gasteiger partial charge < -0.3 is 19.1 Å². The van der Waals surface area contributed by atoms with Crippen LogP contribution in [0.5, 0.6) is 11.5 Å². The maximum atomic E-state index is 13.3. The van der Waals surface area contributed by atoms with Gasteiger partial charge in [-0.3, -0.25) is 0 Å². The average Bonchev–Trinajstić information content (AvgIpc) is 3.20. The van der Waals surface area contributed by atoms with E-state index in [-0.39, 0.29) is 23.8 Å². The van der Waals surface area contributed by atoms with Gasteiger partial charge in [0.2, 0.25) is 15.9 Å². The number of aromatic nitrogens is 2. The normalized spacial score (nSPS) is 21.1. The standard InChI is InChI=1S/C16H21N3O6S/c1-9-5-13(23-3)14(24-4)7-15(9)26(21,22)19-8-11(20)6-12(19)16-17-10(2)18-25-16/h5,7,11-12,20H,6,8H2,1-4H3/t11-,12+/m0/s1. The van der Waals surface area contributed by atoms with Crippen LogP contribution in [0.1, 0.15) is 29.7 Å². The lowest BCUT2D eigenvalue weighted by atomic mass is 10.2. The molecule has 1 N–H and O–H groups in total. The Bertz CT molecular complexity index is 911. The molecular weight excluding hydrogens is 362 g/mol. The van der Waals surface area contributed by atoms with Crippen molar-refractivity contribution < 1.29 is 27.5 Å². The predicted octanol–water partition coefficient (Wildman–Crippen LogP) is 1.20. The van der Waals surface area contributed by atoms with Crippen LogP contribution in [-0.4, -0.2) is 54.8 Å². The summed E-state index contributed by atoms with van der Waals surface area (Å²) in [6, 6.07) is 2.30. The second-order valence-electron chi connectivity index (χ2n) is 6.13. The number of aryl methyl sites for hydroxylation is 2. The van der Waals surface area contributed by atoms with Crippen LogP contribution in [0.15, 0.2) is 21.6 Å². The van der Waals surface area contributed by atoms with Crippen LogP contribution in [0.3, 0.4) is 0 Å². The lowest BCUT2D eigenvalue weighted by Gasteiger charge is -2.23. The Balaban J connectivity index is 2.06.